The predicted octanol–water partition coefficient (Wildman–Crippen LogP) is 3.66. The molecule has 1 saturated heterocycles. The van der Waals surface area contributed by atoms with Gasteiger partial charge in [0.1, 0.15) is 11.6 Å². The number of anilines is 1. The van der Waals surface area contributed by atoms with Gasteiger partial charge in [-0.15, -0.1) is 0 Å². The molecule has 2 aromatic carbocycles. The van der Waals surface area contributed by atoms with Crippen LogP contribution in [0, 0.1) is 5.82 Å². The minimum atomic E-state index is -3.63. The van der Waals surface area contributed by atoms with Crippen LogP contribution in [0.2, 0.25) is 0 Å². The molecule has 154 valence electrons. The molecule has 6 nitrogen and oxygen atoms in total. The van der Waals surface area contributed by atoms with Gasteiger partial charge in [0.2, 0.25) is 15.9 Å². The smallest absolute Gasteiger partial charge is 0.248 e. The van der Waals surface area contributed by atoms with Crippen molar-refractivity contribution in [3.63, 3.8) is 0 Å². The number of ether oxygens (including phenoxy) is 1. The number of hydrogen-bond donors (Lipinski definition) is 1. The summed E-state index contributed by atoms with van der Waals surface area (Å²) in [4.78, 5) is 12.4. The standard InChI is InChI=1S/C21H23FN2O4S/c1-28-20-11-10-18(29(26,27)24-13-3-2-4-14-24)15-19(20)23-21(25)12-7-16-5-8-17(22)9-6-16/h5-12,15H,2-4,13-14H2,1H3,(H,23,25)/b12-7+. The van der Waals surface area contributed by atoms with Gasteiger partial charge in [0.25, 0.3) is 0 Å². The molecule has 1 aliphatic heterocycles. The third kappa shape index (κ3) is 5.21. The molecule has 0 atom stereocenters. The fourth-order valence-electron chi connectivity index (χ4n) is 3.12. The maximum absolute atomic E-state index is 13.0. The molecule has 0 aliphatic carbocycles. The molecule has 3 rings (SSSR count). The Bertz CT molecular complexity index is 998. The van der Waals surface area contributed by atoms with Gasteiger partial charge >= 0.3 is 0 Å². The summed E-state index contributed by atoms with van der Waals surface area (Å²) in [6.07, 6.45) is 5.53. The molecule has 1 amide bonds. The average Bonchev–Trinajstić information content (AvgIpc) is 2.74. The minimum absolute atomic E-state index is 0.109. The van der Waals surface area contributed by atoms with Crippen LogP contribution >= 0.6 is 0 Å². The molecule has 0 radical (unpaired) electrons. The van der Waals surface area contributed by atoms with Crippen molar-refractivity contribution in [2.45, 2.75) is 24.2 Å². The quantitative estimate of drug-likeness (QED) is 0.727. The minimum Gasteiger partial charge on any atom is -0.495 e. The molecule has 2 aromatic rings. The monoisotopic (exact) mass is 418 g/mol. The normalized spacial score (nSPS) is 15.4. The first-order valence-electron chi connectivity index (χ1n) is 9.33. The number of benzene rings is 2. The first-order chi connectivity index (χ1) is 13.9. The van der Waals surface area contributed by atoms with E-state index in [9.17, 15) is 17.6 Å². The van der Waals surface area contributed by atoms with Crippen molar-refractivity contribution >= 4 is 27.7 Å². The van der Waals surface area contributed by atoms with E-state index in [0.717, 1.165) is 19.3 Å². The summed E-state index contributed by atoms with van der Waals surface area (Å²) in [5.41, 5.74) is 0.925. The molecule has 1 N–H and O–H groups in total. The van der Waals surface area contributed by atoms with E-state index in [1.54, 1.807) is 12.1 Å². The lowest BCUT2D eigenvalue weighted by Crippen LogP contribution is -2.35. The van der Waals surface area contributed by atoms with E-state index >= 15 is 0 Å². The van der Waals surface area contributed by atoms with Crippen molar-refractivity contribution in [1.29, 1.82) is 0 Å². The second-order valence-electron chi connectivity index (χ2n) is 6.70. The maximum atomic E-state index is 13.0. The van der Waals surface area contributed by atoms with E-state index in [2.05, 4.69) is 5.32 Å². The highest BCUT2D eigenvalue weighted by Crippen LogP contribution is 2.30. The molecule has 1 aliphatic rings. The van der Waals surface area contributed by atoms with Crippen LogP contribution in [0.25, 0.3) is 6.08 Å². The summed E-state index contributed by atoms with van der Waals surface area (Å²) in [6, 6.07) is 10.1. The number of nitrogens with zero attached hydrogens (tertiary/aromatic N) is 1. The van der Waals surface area contributed by atoms with Crippen LogP contribution in [0.1, 0.15) is 24.8 Å². The Morgan fingerprint density at radius 2 is 1.79 bits per heavy atom. The second kappa shape index (κ2) is 9.19. The molecule has 0 spiro atoms. The number of piperidine rings is 1. The first-order valence-corrected chi connectivity index (χ1v) is 10.8. The van der Waals surface area contributed by atoms with E-state index in [4.69, 9.17) is 4.74 Å². The summed E-state index contributed by atoms with van der Waals surface area (Å²) < 4.78 is 45.5. The van der Waals surface area contributed by atoms with Crippen molar-refractivity contribution in [3.05, 3.63) is 59.9 Å². The number of hydrogen-bond acceptors (Lipinski definition) is 4. The number of amides is 1. The van der Waals surface area contributed by atoms with Crippen LogP contribution in [0.15, 0.2) is 53.4 Å². The number of halogens is 1. The van der Waals surface area contributed by atoms with Crippen molar-refractivity contribution in [3.8, 4) is 5.75 Å². The molecule has 29 heavy (non-hydrogen) atoms. The highest BCUT2D eigenvalue weighted by atomic mass is 32.2. The van der Waals surface area contributed by atoms with Crippen LogP contribution in [-0.2, 0) is 14.8 Å². The van der Waals surface area contributed by atoms with Gasteiger partial charge in [0.15, 0.2) is 0 Å². The third-order valence-corrected chi connectivity index (χ3v) is 6.57. The predicted molar refractivity (Wildman–Crippen MR) is 110 cm³/mol. The Morgan fingerprint density at radius 3 is 2.45 bits per heavy atom. The first kappa shape index (κ1) is 21.0. The zero-order valence-electron chi connectivity index (χ0n) is 16.1. The van der Waals surface area contributed by atoms with Gasteiger partial charge in [-0.3, -0.25) is 4.79 Å². The fourth-order valence-corrected chi connectivity index (χ4v) is 4.66. The molecule has 0 saturated carbocycles. The number of sulfonamides is 1. The topological polar surface area (TPSA) is 75.7 Å². The van der Waals surface area contributed by atoms with E-state index in [1.165, 1.54) is 53.9 Å². The van der Waals surface area contributed by atoms with E-state index in [1.807, 2.05) is 0 Å². The van der Waals surface area contributed by atoms with Gasteiger partial charge in [0, 0.05) is 19.2 Å². The Morgan fingerprint density at radius 1 is 1.10 bits per heavy atom. The lowest BCUT2D eigenvalue weighted by atomic mass is 10.2. The SMILES string of the molecule is COc1ccc(S(=O)(=O)N2CCCCC2)cc1NC(=O)/C=C/c1ccc(F)cc1. The van der Waals surface area contributed by atoms with Crippen LogP contribution in [0.4, 0.5) is 10.1 Å². The fraction of sp³-hybridized carbons (Fsp3) is 0.286. The second-order valence-corrected chi connectivity index (χ2v) is 8.64. The van der Waals surface area contributed by atoms with Gasteiger partial charge < -0.3 is 10.1 Å². The number of methoxy groups -OCH3 is 1. The molecule has 0 aromatic heterocycles. The Balaban J connectivity index is 1.79. The van der Waals surface area contributed by atoms with Gasteiger partial charge in [0.05, 0.1) is 17.7 Å². The molecule has 0 unspecified atom stereocenters. The summed E-state index contributed by atoms with van der Waals surface area (Å²) in [6.45, 7) is 0.993. The molecule has 0 bridgehead atoms. The average molecular weight is 418 g/mol. The summed E-state index contributed by atoms with van der Waals surface area (Å²) in [5.74, 6) is -0.464. The highest BCUT2D eigenvalue weighted by molar-refractivity contribution is 7.89. The summed E-state index contributed by atoms with van der Waals surface area (Å²) >= 11 is 0. The molecule has 1 heterocycles. The van der Waals surface area contributed by atoms with Gasteiger partial charge in [-0.25, -0.2) is 12.8 Å². The van der Waals surface area contributed by atoms with Crippen LogP contribution in [0.5, 0.6) is 5.75 Å². The number of nitrogens with one attached hydrogen (secondary N) is 1. The molecular weight excluding hydrogens is 395 g/mol. The Hall–Kier alpha value is -2.71. The lowest BCUT2D eigenvalue weighted by molar-refractivity contribution is -0.111. The van der Waals surface area contributed by atoms with E-state index in [-0.39, 0.29) is 16.4 Å². The zero-order valence-corrected chi connectivity index (χ0v) is 16.9. The Kier molecular flexibility index (Phi) is 6.66. The van der Waals surface area contributed by atoms with Gasteiger partial charge in [-0.2, -0.15) is 4.31 Å². The molecule has 1 fully saturated rings. The van der Waals surface area contributed by atoms with Crippen molar-refractivity contribution in [1.82, 2.24) is 4.31 Å². The van der Waals surface area contributed by atoms with Gasteiger partial charge in [-0.1, -0.05) is 18.6 Å². The van der Waals surface area contributed by atoms with E-state index < -0.39 is 15.9 Å². The lowest BCUT2D eigenvalue weighted by Gasteiger charge is -2.26. The van der Waals surface area contributed by atoms with E-state index in [0.29, 0.717) is 24.4 Å². The number of carbonyl (C=O) groups is 1. The summed E-state index contributed by atoms with van der Waals surface area (Å²) in [5, 5.41) is 2.65. The summed E-state index contributed by atoms with van der Waals surface area (Å²) in [7, 11) is -2.19. The third-order valence-electron chi connectivity index (χ3n) is 4.68. The maximum Gasteiger partial charge on any atom is 0.248 e. The van der Waals surface area contributed by atoms with Crippen LogP contribution in [0.3, 0.4) is 0 Å². The Labute approximate surface area is 170 Å². The zero-order chi connectivity index (χ0) is 20.9. The largest absolute Gasteiger partial charge is 0.495 e. The molecule has 8 heteroatoms. The van der Waals surface area contributed by atoms with Crippen LogP contribution in [-0.4, -0.2) is 38.8 Å². The van der Waals surface area contributed by atoms with Crippen LogP contribution < -0.4 is 10.1 Å². The molecular formula is C21H23FN2O4S. The highest BCUT2D eigenvalue weighted by Gasteiger charge is 2.26. The van der Waals surface area contributed by atoms with Crippen molar-refractivity contribution in [2.75, 3.05) is 25.5 Å². The number of carbonyl (C=O) groups excluding carboxylic acids is 1. The van der Waals surface area contributed by atoms with Crippen molar-refractivity contribution < 1.29 is 22.3 Å². The van der Waals surface area contributed by atoms with Crippen molar-refractivity contribution in [2.24, 2.45) is 0 Å². The van der Waals surface area contributed by atoms with Gasteiger partial charge in [-0.05, 0) is 54.8 Å². The number of rotatable bonds is 6.